The fourth-order valence-corrected chi connectivity index (χ4v) is 3.51. The summed E-state index contributed by atoms with van der Waals surface area (Å²) in [6, 6.07) is 12.0. The van der Waals surface area contributed by atoms with Crippen LogP contribution in [0.15, 0.2) is 40.9 Å². The highest BCUT2D eigenvalue weighted by atomic mass is 16.5. The third-order valence-electron chi connectivity index (χ3n) is 4.94. The lowest BCUT2D eigenvalue weighted by Crippen LogP contribution is -2.37. The van der Waals surface area contributed by atoms with Crippen LogP contribution in [0.4, 0.5) is 0 Å². The molecule has 26 heavy (non-hydrogen) atoms. The Labute approximate surface area is 155 Å². The molecule has 1 aromatic carbocycles. The van der Waals surface area contributed by atoms with Crippen LogP contribution < -0.4 is 5.32 Å². The van der Waals surface area contributed by atoms with E-state index in [0.29, 0.717) is 24.5 Å². The molecule has 1 amide bonds. The molecule has 2 aromatic rings. The molecule has 6 heteroatoms. The summed E-state index contributed by atoms with van der Waals surface area (Å²) < 4.78 is 5.35. The van der Waals surface area contributed by atoms with Crippen LogP contribution >= 0.6 is 0 Å². The van der Waals surface area contributed by atoms with E-state index in [-0.39, 0.29) is 11.3 Å². The minimum absolute atomic E-state index is 0.132. The Morgan fingerprint density at radius 2 is 2.12 bits per heavy atom. The molecule has 3 rings (SSSR count). The standard InChI is InChI=1S/C20H28N4O2/c1-20(9-10-23(2)15-20)14-21-19(25)18-11-17(26-22-18)13-24(3)12-16-7-5-4-6-8-16/h4-8,11H,9-10,12-15H2,1-3H3,(H,21,25). The summed E-state index contributed by atoms with van der Waals surface area (Å²) in [5, 5.41) is 6.94. The quantitative estimate of drug-likeness (QED) is 0.825. The van der Waals surface area contributed by atoms with Crippen molar-refractivity contribution in [1.29, 1.82) is 0 Å². The van der Waals surface area contributed by atoms with Crippen LogP contribution in [-0.2, 0) is 13.1 Å². The summed E-state index contributed by atoms with van der Waals surface area (Å²) >= 11 is 0. The maximum atomic E-state index is 12.4. The second kappa shape index (κ2) is 8.01. The second-order valence-electron chi connectivity index (χ2n) is 7.82. The molecule has 1 aliphatic rings. The first-order chi connectivity index (χ1) is 12.4. The van der Waals surface area contributed by atoms with Crippen LogP contribution in [0.5, 0.6) is 0 Å². The Morgan fingerprint density at radius 1 is 1.35 bits per heavy atom. The van der Waals surface area contributed by atoms with E-state index in [1.807, 2.05) is 25.2 Å². The normalized spacial score (nSPS) is 20.6. The zero-order valence-electron chi connectivity index (χ0n) is 15.9. The highest BCUT2D eigenvalue weighted by Gasteiger charge is 2.32. The van der Waals surface area contributed by atoms with Crippen LogP contribution in [0.25, 0.3) is 0 Å². The average Bonchev–Trinajstić information content (AvgIpc) is 3.20. The zero-order chi connectivity index (χ0) is 18.6. The van der Waals surface area contributed by atoms with Crippen LogP contribution in [0.3, 0.4) is 0 Å². The van der Waals surface area contributed by atoms with Gasteiger partial charge in [-0.25, -0.2) is 0 Å². The first-order valence-corrected chi connectivity index (χ1v) is 9.08. The van der Waals surface area contributed by atoms with E-state index in [4.69, 9.17) is 4.52 Å². The third-order valence-corrected chi connectivity index (χ3v) is 4.94. The van der Waals surface area contributed by atoms with Crippen molar-refractivity contribution in [3.05, 3.63) is 53.4 Å². The first kappa shape index (κ1) is 18.6. The number of aromatic nitrogens is 1. The summed E-state index contributed by atoms with van der Waals surface area (Å²) in [5.41, 5.74) is 1.72. The van der Waals surface area contributed by atoms with Gasteiger partial charge >= 0.3 is 0 Å². The van der Waals surface area contributed by atoms with Gasteiger partial charge in [-0.3, -0.25) is 9.69 Å². The van der Waals surface area contributed by atoms with Gasteiger partial charge in [0.15, 0.2) is 11.5 Å². The number of amides is 1. The summed E-state index contributed by atoms with van der Waals surface area (Å²) in [6.07, 6.45) is 1.10. The fraction of sp³-hybridized carbons (Fsp3) is 0.500. The summed E-state index contributed by atoms with van der Waals surface area (Å²) in [7, 11) is 4.13. The highest BCUT2D eigenvalue weighted by molar-refractivity contribution is 5.92. The third kappa shape index (κ3) is 4.93. The number of hydrogen-bond acceptors (Lipinski definition) is 5. The van der Waals surface area contributed by atoms with Crippen molar-refractivity contribution in [2.75, 3.05) is 33.7 Å². The van der Waals surface area contributed by atoms with Gasteiger partial charge in [0.25, 0.3) is 5.91 Å². The van der Waals surface area contributed by atoms with E-state index in [0.717, 1.165) is 26.1 Å². The molecule has 140 valence electrons. The molecule has 0 saturated carbocycles. The van der Waals surface area contributed by atoms with Gasteiger partial charge in [0.2, 0.25) is 0 Å². The van der Waals surface area contributed by atoms with Crippen LogP contribution in [0.1, 0.15) is 35.2 Å². The molecule has 1 fully saturated rings. The van der Waals surface area contributed by atoms with E-state index in [2.05, 4.69) is 46.4 Å². The van der Waals surface area contributed by atoms with E-state index in [1.165, 1.54) is 5.56 Å². The Morgan fingerprint density at radius 3 is 2.81 bits per heavy atom. The number of nitrogens with zero attached hydrogens (tertiary/aromatic N) is 3. The van der Waals surface area contributed by atoms with Gasteiger partial charge in [0, 0.05) is 25.7 Å². The monoisotopic (exact) mass is 356 g/mol. The lowest BCUT2D eigenvalue weighted by molar-refractivity contribution is 0.0925. The molecular weight excluding hydrogens is 328 g/mol. The van der Waals surface area contributed by atoms with E-state index in [1.54, 1.807) is 6.07 Å². The predicted octanol–water partition coefficient (Wildman–Crippen LogP) is 2.38. The van der Waals surface area contributed by atoms with Crippen LogP contribution in [-0.4, -0.2) is 54.6 Å². The molecule has 1 unspecified atom stereocenters. The zero-order valence-corrected chi connectivity index (χ0v) is 15.9. The molecule has 1 atom stereocenters. The van der Waals surface area contributed by atoms with Crippen LogP contribution in [0.2, 0.25) is 0 Å². The van der Waals surface area contributed by atoms with Gasteiger partial charge in [0.05, 0.1) is 6.54 Å². The molecule has 0 spiro atoms. The van der Waals surface area contributed by atoms with Crippen molar-refractivity contribution in [3.63, 3.8) is 0 Å². The van der Waals surface area contributed by atoms with Gasteiger partial charge in [-0.1, -0.05) is 42.4 Å². The van der Waals surface area contributed by atoms with Gasteiger partial charge in [0.1, 0.15) is 0 Å². The molecule has 0 bridgehead atoms. The number of benzene rings is 1. The SMILES string of the molecule is CN(Cc1ccccc1)Cc1cc(C(=O)NCC2(C)CCN(C)C2)no1. The maximum Gasteiger partial charge on any atom is 0.273 e. The second-order valence-corrected chi connectivity index (χ2v) is 7.82. The van der Waals surface area contributed by atoms with Crippen molar-refractivity contribution in [2.24, 2.45) is 5.41 Å². The minimum Gasteiger partial charge on any atom is -0.359 e. The van der Waals surface area contributed by atoms with Crippen molar-refractivity contribution >= 4 is 5.91 Å². The van der Waals surface area contributed by atoms with Gasteiger partial charge < -0.3 is 14.7 Å². The van der Waals surface area contributed by atoms with E-state index < -0.39 is 0 Å². The first-order valence-electron chi connectivity index (χ1n) is 9.08. The Bertz CT molecular complexity index is 730. The van der Waals surface area contributed by atoms with Crippen molar-refractivity contribution < 1.29 is 9.32 Å². The number of carbonyl (C=O) groups is 1. The Kier molecular flexibility index (Phi) is 5.74. The summed E-state index contributed by atoms with van der Waals surface area (Å²) in [4.78, 5) is 16.8. The number of hydrogen-bond donors (Lipinski definition) is 1. The molecule has 2 heterocycles. The van der Waals surface area contributed by atoms with E-state index in [9.17, 15) is 4.79 Å². The highest BCUT2D eigenvalue weighted by Crippen LogP contribution is 2.27. The predicted molar refractivity (Wildman–Crippen MR) is 101 cm³/mol. The molecule has 1 saturated heterocycles. The van der Waals surface area contributed by atoms with Crippen molar-refractivity contribution in [1.82, 2.24) is 20.3 Å². The lowest BCUT2D eigenvalue weighted by atomic mass is 9.90. The topological polar surface area (TPSA) is 61.6 Å². The number of nitrogens with one attached hydrogen (secondary N) is 1. The molecule has 1 aromatic heterocycles. The lowest BCUT2D eigenvalue weighted by Gasteiger charge is -2.23. The smallest absolute Gasteiger partial charge is 0.273 e. The van der Waals surface area contributed by atoms with Gasteiger partial charge in [-0.15, -0.1) is 0 Å². The average molecular weight is 356 g/mol. The molecule has 0 radical (unpaired) electrons. The van der Waals surface area contributed by atoms with Crippen molar-refractivity contribution in [3.8, 4) is 0 Å². The summed E-state index contributed by atoms with van der Waals surface area (Å²) in [6.45, 7) is 6.37. The number of likely N-dealkylation sites (tertiary alicyclic amines) is 1. The Balaban J connectivity index is 1.50. The molecule has 0 aliphatic carbocycles. The summed E-state index contributed by atoms with van der Waals surface area (Å²) in [5.74, 6) is 0.530. The van der Waals surface area contributed by atoms with Gasteiger partial charge in [-0.2, -0.15) is 0 Å². The molecule has 1 N–H and O–H groups in total. The minimum atomic E-state index is -0.165. The fourth-order valence-electron chi connectivity index (χ4n) is 3.51. The number of carbonyl (C=O) groups excluding carboxylic acids is 1. The Hall–Kier alpha value is -2.18. The molecule has 1 aliphatic heterocycles. The number of rotatable bonds is 7. The van der Waals surface area contributed by atoms with Gasteiger partial charge in [-0.05, 0) is 38.0 Å². The van der Waals surface area contributed by atoms with Crippen molar-refractivity contribution in [2.45, 2.75) is 26.4 Å². The van der Waals surface area contributed by atoms with E-state index >= 15 is 0 Å². The largest absolute Gasteiger partial charge is 0.359 e. The molecule has 6 nitrogen and oxygen atoms in total. The molecular formula is C20H28N4O2. The van der Waals surface area contributed by atoms with Crippen LogP contribution in [0, 0.1) is 5.41 Å². The maximum absolute atomic E-state index is 12.4.